The lowest BCUT2D eigenvalue weighted by Gasteiger charge is -2.20. The Labute approximate surface area is 96.5 Å². The molecule has 88 valence electrons. The van der Waals surface area contributed by atoms with Gasteiger partial charge in [-0.3, -0.25) is 10.1 Å². The van der Waals surface area contributed by atoms with E-state index in [1.54, 1.807) is 0 Å². The Hall–Kier alpha value is -1.35. The van der Waals surface area contributed by atoms with Crippen molar-refractivity contribution in [3.63, 3.8) is 0 Å². The Balaban J connectivity index is 2.61. The average Bonchev–Trinajstić information content (AvgIpc) is 2.29. The van der Waals surface area contributed by atoms with Gasteiger partial charge in [0.05, 0.1) is 0 Å². The number of carboxylic acid groups (broad SMARTS) is 1. The van der Waals surface area contributed by atoms with Crippen molar-refractivity contribution in [3.8, 4) is 0 Å². The first kappa shape index (κ1) is 12.7. The van der Waals surface area contributed by atoms with Gasteiger partial charge in [0, 0.05) is 6.04 Å². The molecule has 0 radical (unpaired) electrons. The molecule has 1 aromatic carbocycles. The minimum absolute atomic E-state index is 0.0637. The number of nitrogens with one attached hydrogen (secondary N) is 1. The molecule has 0 amide bonds. The van der Waals surface area contributed by atoms with Crippen molar-refractivity contribution >= 4 is 5.97 Å². The van der Waals surface area contributed by atoms with Crippen molar-refractivity contribution in [3.05, 3.63) is 35.9 Å². The molecule has 0 aliphatic rings. The highest BCUT2D eigenvalue weighted by Gasteiger charge is 2.18. The van der Waals surface area contributed by atoms with Crippen LogP contribution in [0, 0.1) is 0 Å². The summed E-state index contributed by atoms with van der Waals surface area (Å²) >= 11 is 0. The van der Waals surface area contributed by atoms with E-state index < -0.39 is 12.0 Å². The minimum atomic E-state index is -0.773. The molecule has 1 rings (SSSR count). The van der Waals surface area contributed by atoms with E-state index in [0.29, 0.717) is 6.42 Å². The van der Waals surface area contributed by atoms with Gasteiger partial charge in [-0.05, 0) is 18.9 Å². The Bertz CT molecular complexity index is 324. The monoisotopic (exact) mass is 221 g/mol. The Morgan fingerprint density at radius 3 is 2.50 bits per heavy atom. The molecule has 2 N–H and O–H groups in total. The zero-order valence-electron chi connectivity index (χ0n) is 9.81. The van der Waals surface area contributed by atoms with Crippen LogP contribution in [0.25, 0.3) is 0 Å². The summed E-state index contributed by atoms with van der Waals surface area (Å²) in [4.78, 5) is 11.0. The summed E-state index contributed by atoms with van der Waals surface area (Å²) in [6.07, 6.45) is 1.53. The first-order chi connectivity index (χ1) is 7.65. The van der Waals surface area contributed by atoms with Crippen LogP contribution in [-0.2, 0) is 4.79 Å². The SMILES string of the molecule is CCCC(N[C@@H](C)c1ccccc1)C(=O)O. The highest BCUT2D eigenvalue weighted by atomic mass is 16.4. The standard InChI is InChI=1S/C13H19NO2/c1-3-7-12(13(15)16)14-10(2)11-8-5-4-6-9-11/h4-6,8-10,12,14H,3,7H2,1-2H3,(H,15,16)/t10-,12?/m0/s1. The van der Waals surface area contributed by atoms with E-state index in [1.165, 1.54) is 0 Å². The van der Waals surface area contributed by atoms with E-state index in [1.807, 2.05) is 44.2 Å². The maximum Gasteiger partial charge on any atom is 0.320 e. The lowest BCUT2D eigenvalue weighted by Crippen LogP contribution is -2.38. The average molecular weight is 221 g/mol. The maximum atomic E-state index is 11.0. The molecule has 1 unspecified atom stereocenters. The third-order valence-corrected chi connectivity index (χ3v) is 2.63. The van der Waals surface area contributed by atoms with Crippen LogP contribution >= 0.6 is 0 Å². The molecule has 0 fully saturated rings. The van der Waals surface area contributed by atoms with Gasteiger partial charge in [-0.15, -0.1) is 0 Å². The van der Waals surface area contributed by atoms with Gasteiger partial charge >= 0.3 is 5.97 Å². The number of rotatable bonds is 6. The number of hydrogen-bond acceptors (Lipinski definition) is 2. The third-order valence-electron chi connectivity index (χ3n) is 2.63. The van der Waals surface area contributed by atoms with E-state index in [0.717, 1.165) is 12.0 Å². The van der Waals surface area contributed by atoms with Gasteiger partial charge < -0.3 is 5.11 Å². The van der Waals surface area contributed by atoms with Crippen molar-refractivity contribution in [2.75, 3.05) is 0 Å². The molecule has 16 heavy (non-hydrogen) atoms. The highest BCUT2D eigenvalue weighted by molar-refractivity contribution is 5.73. The topological polar surface area (TPSA) is 49.3 Å². The smallest absolute Gasteiger partial charge is 0.320 e. The normalized spacial score (nSPS) is 14.4. The molecule has 0 bridgehead atoms. The van der Waals surface area contributed by atoms with E-state index in [9.17, 15) is 4.79 Å². The van der Waals surface area contributed by atoms with Crippen LogP contribution < -0.4 is 5.32 Å². The first-order valence-corrected chi connectivity index (χ1v) is 5.69. The van der Waals surface area contributed by atoms with Crippen LogP contribution in [0.2, 0.25) is 0 Å². The minimum Gasteiger partial charge on any atom is -0.480 e. The molecule has 2 atom stereocenters. The largest absolute Gasteiger partial charge is 0.480 e. The second-order valence-corrected chi connectivity index (χ2v) is 3.98. The molecule has 0 aliphatic heterocycles. The Kier molecular flexibility index (Phi) is 4.99. The van der Waals surface area contributed by atoms with Crippen molar-refractivity contribution in [1.82, 2.24) is 5.32 Å². The fourth-order valence-electron chi connectivity index (χ4n) is 1.71. The molecule has 0 heterocycles. The number of benzene rings is 1. The quantitative estimate of drug-likeness (QED) is 0.776. The van der Waals surface area contributed by atoms with Gasteiger partial charge in [-0.25, -0.2) is 0 Å². The molecular formula is C13H19NO2. The van der Waals surface area contributed by atoms with Gasteiger partial charge in [0.1, 0.15) is 6.04 Å². The van der Waals surface area contributed by atoms with Crippen LogP contribution in [0.5, 0.6) is 0 Å². The molecule has 0 spiro atoms. The zero-order valence-corrected chi connectivity index (χ0v) is 9.81. The molecule has 3 nitrogen and oxygen atoms in total. The lowest BCUT2D eigenvalue weighted by atomic mass is 10.1. The fraction of sp³-hybridized carbons (Fsp3) is 0.462. The number of hydrogen-bond donors (Lipinski definition) is 2. The van der Waals surface area contributed by atoms with Crippen LogP contribution in [0.1, 0.15) is 38.3 Å². The summed E-state index contributed by atoms with van der Waals surface area (Å²) in [6, 6.07) is 9.49. The fourth-order valence-corrected chi connectivity index (χ4v) is 1.71. The van der Waals surface area contributed by atoms with E-state index in [2.05, 4.69) is 5.32 Å². The molecule has 1 aromatic rings. The van der Waals surface area contributed by atoms with E-state index in [-0.39, 0.29) is 6.04 Å². The van der Waals surface area contributed by atoms with Gasteiger partial charge in [-0.2, -0.15) is 0 Å². The summed E-state index contributed by atoms with van der Waals surface area (Å²) in [6.45, 7) is 3.98. The first-order valence-electron chi connectivity index (χ1n) is 5.69. The van der Waals surface area contributed by atoms with E-state index >= 15 is 0 Å². The van der Waals surface area contributed by atoms with Gasteiger partial charge in [-0.1, -0.05) is 43.7 Å². The van der Waals surface area contributed by atoms with Gasteiger partial charge in [0.2, 0.25) is 0 Å². The molecule has 0 aliphatic carbocycles. The van der Waals surface area contributed by atoms with Crippen LogP contribution in [-0.4, -0.2) is 17.1 Å². The van der Waals surface area contributed by atoms with Gasteiger partial charge in [0.25, 0.3) is 0 Å². The molecule has 0 saturated carbocycles. The van der Waals surface area contributed by atoms with Crippen LogP contribution in [0.15, 0.2) is 30.3 Å². The predicted molar refractivity (Wildman–Crippen MR) is 64.3 cm³/mol. The van der Waals surface area contributed by atoms with Crippen LogP contribution in [0.3, 0.4) is 0 Å². The van der Waals surface area contributed by atoms with Crippen molar-refractivity contribution < 1.29 is 9.90 Å². The van der Waals surface area contributed by atoms with Crippen molar-refractivity contribution in [2.24, 2.45) is 0 Å². The zero-order chi connectivity index (χ0) is 12.0. The second-order valence-electron chi connectivity index (χ2n) is 3.98. The molecule has 3 heteroatoms. The lowest BCUT2D eigenvalue weighted by molar-refractivity contribution is -0.139. The summed E-state index contributed by atoms with van der Waals surface area (Å²) in [7, 11) is 0. The third kappa shape index (κ3) is 3.66. The van der Waals surface area contributed by atoms with E-state index in [4.69, 9.17) is 5.11 Å². The highest BCUT2D eigenvalue weighted by Crippen LogP contribution is 2.13. The summed E-state index contributed by atoms with van der Waals surface area (Å²) in [5, 5.41) is 12.2. The maximum absolute atomic E-state index is 11.0. The number of carboxylic acids is 1. The van der Waals surface area contributed by atoms with Crippen molar-refractivity contribution in [1.29, 1.82) is 0 Å². The van der Waals surface area contributed by atoms with Gasteiger partial charge in [0.15, 0.2) is 0 Å². The number of carbonyl (C=O) groups is 1. The number of aliphatic carboxylic acids is 1. The van der Waals surface area contributed by atoms with Crippen molar-refractivity contribution in [2.45, 2.75) is 38.8 Å². The Morgan fingerprint density at radius 2 is 2.00 bits per heavy atom. The molecule has 0 saturated heterocycles. The molecular weight excluding hydrogens is 202 g/mol. The van der Waals surface area contributed by atoms with Crippen LogP contribution in [0.4, 0.5) is 0 Å². The summed E-state index contributed by atoms with van der Waals surface area (Å²) in [5.74, 6) is -0.773. The summed E-state index contributed by atoms with van der Waals surface area (Å²) < 4.78 is 0. The molecule has 0 aromatic heterocycles. The predicted octanol–water partition coefficient (Wildman–Crippen LogP) is 2.59. The second kappa shape index (κ2) is 6.28. The Morgan fingerprint density at radius 1 is 1.38 bits per heavy atom. The summed E-state index contributed by atoms with van der Waals surface area (Å²) in [5.41, 5.74) is 1.12.